The van der Waals surface area contributed by atoms with Crippen LogP contribution in [0.2, 0.25) is 0 Å². The number of hydrogen-bond acceptors (Lipinski definition) is 8. The molecule has 0 aliphatic carbocycles. The topological polar surface area (TPSA) is 152 Å². The van der Waals surface area contributed by atoms with Gasteiger partial charge in [-0.25, -0.2) is 9.97 Å². The van der Waals surface area contributed by atoms with Gasteiger partial charge in [-0.3, -0.25) is 4.79 Å². The fraction of sp³-hybridized carbons (Fsp3) is 0.0588. The van der Waals surface area contributed by atoms with Gasteiger partial charge in [0.05, 0.1) is 18.9 Å². The Morgan fingerprint density at radius 2 is 2.00 bits per heavy atom. The molecule has 0 radical (unpaired) electrons. The van der Waals surface area contributed by atoms with E-state index in [2.05, 4.69) is 15.3 Å². The van der Waals surface area contributed by atoms with E-state index in [-0.39, 0.29) is 28.5 Å². The second kappa shape index (κ2) is 6.82. The molecule has 0 saturated heterocycles. The minimum absolute atomic E-state index is 0.0309. The van der Waals surface area contributed by atoms with Gasteiger partial charge in [0.25, 0.3) is 0 Å². The van der Waals surface area contributed by atoms with Gasteiger partial charge in [0.2, 0.25) is 5.91 Å². The molecule has 0 spiro atoms. The van der Waals surface area contributed by atoms with Crippen LogP contribution >= 0.6 is 0 Å². The van der Waals surface area contributed by atoms with Crippen molar-refractivity contribution in [3.63, 3.8) is 0 Å². The van der Waals surface area contributed by atoms with E-state index in [4.69, 9.17) is 9.68 Å². The lowest BCUT2D eigenvalue weighted by Crippen LogP contribution is -2.17. The first kappa shape index (κ1) is 16.8. The summed E-state index contributed by atoms with van der Waals surface area (Å²) < 4.78 is 5.18. The van der Waals surface area contributed by atoms with Crippen LogP contribution in [0.15, 0.2) is 41.1 Å². The van der Waals surface area contributed by atoms with E-state index in [9.17, 15) is 20.1 Å². The average Bonchev–Trinajstić information content (AvgIpc) is 3.12. The van der Waals surface area contributed by atoms with Gasteiger partial charge in [-0.2, -0.15) is 5.26 Å². The van der Waals surface area contributed by atoms with Gasteiger partial charge in [-0.1, -0.05) is 0 Å². The minimum Gasteiger partial charge on any atom is -0.508 e. The van der Waals surface area contributed by atoms with Crippen LogP contribution in [0.5, 0.6) is 17.2 Å². The predicted molar refractivity (Wildman–Crippen MR) is 88.2 cm³/mol. The van der Waals surface area contributed by atoms with Gasteiger partial charge in [0.1, 0.15) is 28.9 Å². The molecule has 130 valence electrons. The summed E-state index contributed by atoms with van der Waals surface area (Å²) in [5.74, 6) is -1.33. The van der Waals surface area contributed by atoms with Crippen molar-refractivity contribution in [2.75, 3.05) is 5.32 Å². The molecule has 0 unspecified atom stereocenters. The highest BCUT2D eigenvalue weighted by atomic mass is 16.3. The van der Waals surface area contributed by atoms with Crippen molar-refractivity contribution < 1.29 is 24.5 Å². The third kappa shape index (κ3) is 3.39. The Balaban J connectivity index is 1.85. The van der Waals surface area contributed by atoms with E-state index in [1.807, 2.05) is 6.07 Å². The first-order valence-electron chi connectivity index (χ1n) is 7.32. The molecule has 3 aromatic rings. The summed E-state index contributed by atoms with van der Waals surface area (Å²) in [7, 11) is 0. The molecule has 9 heteroatoms. The predicted octanol–water partition coefficient (Wildman–Crippen LogP) is 1.91. The molecule has 26 heavy (non-hydrogen) atoms. The van der Waals surface area contributed by atoms with Gasteiger partial charge in [-0.15, -0.1) is 0 Å². The smallest absolute Gasteiger partial charge is 0.230 e. The van der Waals surface area contributed by atoms with Crippen molar-refractivity contribution in [3.8, 4) is 34.9 Å². The fourth-order valence-corrected chi connectivity index (χ4v) is 2.23. The van der Waals surface area contributed by atoms with E-state index in [0.29, 0.717) is 5.76 Å². The molecule has 0 atom stereocenters. The standard InChI is InChI=1S/C17H12N4O5/c18-7-9-8-19-17(14-2-1-3-26-14)21-16(9)20-15(25)6-11-12(23)4-10(22)5-13(11)24/h1-5,8,22-24H,6H2,(H,19,20,21,25). The number of anilines is 1. The Labute approximate surface area is 146 Å². The third-order valence-electron chi connectivity index (χ3n) is 3.43. The Morgan fingerprint density at radius 1 is 1.27 bits per heavy atom. The van der Waals surface area contributed by atoms with Crippen LogP contribution in [0, 0.1) is 11.3 Å². The number of nitrogens with zero attached hydrogens (tertiary/aromatic N) is 3. The molecule has 3 rings (SSSR count). The van der Waals surface area contributed by atoms with E-state index < -0.39 is 23.8 Å². The lowest BCUT2D eigenvalue weighted by Gasteiger charge is -2.10. The van der Waals surface area contributed by atoms with Crippen molar-refractivity contribution in [2.24, 2.45) is 0 Å². The first-order valence-corrected chi connectivity index (χ1v) is 7.32. The van der Waals surface area contributed by atoms with Gasteiger partial charge in [0.15, 0.2) is 17.4 Å². The quantitative estimate of drug-likeness (QED) is 0.555. The van der Waals surface area contributed by atoms with Crippen LogP contribution in [-0.2, 0) is 11.2 Å². The van der Waals surface area contributed by atoms with Gasteiger partial charge < -0.3 is 25.1 Å². The number of benzene rings is 1. The number of carbonyl (C=O) groups is 1. The van der Waals surface area contributed by atoms with Gasteiger partial charge in [-0.05, 0) is 12.1 Å². The number of phenols is 3. The minimum atomic E-state index is -0.637. The third-order valence-corrected chi connectivity index (χ3v) is 3.43. The van der Waals surface area contributed by atoms with Crippen molar-refractivity contribution >= 4 is 11.7 Å². The zero-order valence-electron chi connectivity index (χ0n) is 13.2. The highest BCUT2D eigenvalue weighted by Crippen LogP contribution is 2.32. The van der Waals surface area contributed by atoms with Crippen LogP contribution in [-0.4, -0.2) is 31.2 Å². The Morgan fingerprint density at radius 3 is 2.62 bits per heavy atom. The normalized spacial score (nSPS) is 10.3. The van der Waals surface area contributed by atoms with E-state index in [0.717, 1.165) is 12.1 Å². The molecule has 1 amide bonds. The number of nitrogens with one attached hydrogen (secondary N) is 1. The van der Waals surface area contributed by atoms with Crippen molar-refractivity contribution in [2.45, 2.75) is 6.42 Å². The van der Waals surface area contributed by atoms with E-state index in [1.165, 1.54) is 12.5 Å². The maximum absolute atomic E-state index is 12.2. The van der Waals surface area contributed by atoms with E-state index >= 15 is 0 Å². The zero-order valence-corrected chi connectivity index (χ0v) is 13.2. The summed E-state index contributed by atoms with van der Waals surface area (Å²) in [6.45, 7) is 0. The number of rotatable bonds is 4. The Bertz CT molecular complexity index is 985. The van der Waals surface area contributed by atoms with Crippen molar-refractivity contribution in [3.05, 3.63) is 47.9 Å². The number of carbonyl (C=O) groups excluding carboxylic acids is 1. The van der Waals surface area contributed by atoms with Crippen molar-refractivity contribution in [1.82, 2.24) is 9.97 Å². The number of aromatic nitrogens is 2. The molecular weight excluding hydrogens is 340 g/mol. The fourth-order valence-electron chi connectivity index (χ4n) is 2.23. The van der Waals surface area contributed by atoms with Crippen LogP contribution in [0.4, 0.5) is 5.82 Å². The molecule has 0 bridgehead atoms. The molecule has 2 heterocycles. The van der Waals surface area contributed by atoms with Gasteiger partial charge >= 0.3 is 0 Å². The molecule has 9 nitrogen and oxygen atoms in total. The number of amides is 1. The second-order valence-electron chi connectivity index (χ2n) is 5.23. The van der Waals surface area contributed by atoms with Crippen LogP contribution in [0.1, 0.15) is 11.1 Å². The van der Waals surface area contributed by atoms with Crippen LogP contribution in [0.3, 0.4) is 0 Å². The summed E-state index contributed by atoms with van der Waals surface area (Å²) in [4.78, 5) is 20.3. The molecular formula is C17H12N4O5. The lowest BCUT2D eigenvalue weighted by atomic mass is 10.1. The molecule has 0 fully saturated rings. The second-order valence-corrected chi connectivity index (χ2v) is 5.23. The number of hydrogen-bond donors (Lipinski definition) is 4. The molecule has 2 aromatic heterocycles. The molecule has 0 saturated carbocycles. The summed E-state index contributed by atoms with van der Waals surface area (Å²) in [6, 6.07) is 7.14. The maximum Gasteiger partial charge on any atom is 0.230 e. The monoisotopic (exact) mass is 352 g/mol. The summed E-state index contributed by atoms with van der Waals surface area (Å²) >= 11 is 0. The van der Waals surface area contributed by atoms with Crippen molar-refractivity contribution in [1.29, 1.82) is 5.26 Å². The molecule has 4 N–H and O–H groups in total. The highest BCUT2D eigenvalue weighted by Gasteiger charge is 2.17. The van der Waals surface area contributed by atoms with Crippen LogP contribution in [0.25, 0.3) is 11.6 Å². The summed E-state index contributed by atoms with van der Waals surface area (Å²) in [5.41, 5.74) is -0.0353. The Hall–Kier alpha value is -4.06. The molecule has 0 aliphatic rings. The lowest BCUT2D eigenvalue weighted by molar-refractivity contribution is -0.115. The number of furan rings is 1. The Kier molecular flexibility index (Phi) is 4.40. The summed E-state index contributed by atoms with van der Waals surface area (Å²) in [6.07, 6.45) is 2.28. The maximum atomic E-state index is 12.2. The summed E-state index contributed by atoms with van der Waals surface area (Å²) in [5, 5.41) is 40.4. The number of phenolic OH excluding ortho intramolecular Hbond substituents is 3. The molecule has 1 aromatic carbocycles. The van der Waals surface area contributed by atoms with Gasteiger partial charge in [0, 0.05) is 17.7 Å². The van der Waals surface area contributed by atoms with Crippen LogP contribution < -0.4 is 5.32 Å². The zero-order chi connectivity index (χ0) is 18.7. The number of nitriles is 1. The first-order chi connectivity index (χ1) is 12.5. The highest BCUT2D eigenvalue weighted by molar-refractivity contribution is 5.93. The number of aromatic hydroxyl groups is 3. The van der Waals surface area contributed by atoms with E-state index in [1.54, 1.807) is 12.1 Å². The average molecular weight is 352 g/mol. The largest absolute Gasteiger partial charge is 0.508 e. The SMILES string of the molecule is N#Cc1cnc(-c2ccco2)nc1NC(=O)Cc1c(O)cc(O)cc1O. The molecule has 0 aliphatic heterocycles.